The van der Waals surface area contributed by atoms with Gasteiger partial charge in [-0.2, -0.15) is 0 Å². The van der Waals surface area contributed by atoms with E-state index < -0.39 is 30.3 Å². The van der Waals surface area contributed by atoms with Crippen molar-refractivity contribution in [1.82, 2.24) is 24.9 Å². The lowest BCUT2D eigenvalue weighted by molar-refractivity contribution is -0.168. The van der Waals surface area contributed by atoms with Gasteiger partial charge in [0.1, 0.15) is 18.7 Å². The second-order valence-electron chi connectivity index (χ2n) is 16.1. The fraction of sp³-hybridized carbons (Fsp3) is 0.511. The molecule has 1 N–H and O–H groups in total. The Morgan fingerprint density at radius 2 is 1.51 bits per heavy atom. The minimum Gasteiger partial charge on any atom is -0.447 e. The molecule has 3 heterocycles. The molecule has 3 aromatic rings. The highest BCUT2D eigenvalue weighted by molar-refractivity contribution is 5.97. The number of hydrogen-bond donors (Lipinski definition) is 1. The molecule has 1 saturated carbocycles. The van der Waals surface area contributed by atoms with Crippen molar-refractivity contribution in [3.63, 3.8) is 0 Å². The number of fused-ring (bicyclic) bond motifs is 1. The number of benzene rings is 3. The van der Waals surface area contributed by atoms with Gasteiger partial charge in [0.2, 0.25) is 17.7 Å². The third kappa shape index (κ3) is 8.02. The van der Waals surface area contributed by atoms with Crippen LogP contribution >= 0.6 is 0 Å². The van der Waals surface area contributed by atoms with E-state index in [2.05, 4.69) is 34.5 Å². The standard InChI is InChI=1S/C45H55N5O5/c51-41(48-29-27-47(28-30-48)35-19-8-3-9-20-35)26-25-39(43(52)46-37-22-12-18-33-15-10-11-21-36(33)37)49-38(24-23-32-13-4-1-5-14-32)42(44(49)53)50-40(31-55-45(50)54)34-16-6-2-7-17-34/h1-2,4-7,10-11,13-17,21,35,37-40,42H,3,8-9,12,18-20,22-31H2,(H,46,52)/t37-,38?,39+,40-,42?/m1/s1. The zero-order valence-corrected chi connectivity index (χ0v) is 31.9. The Hall–Kier alpha value is -4.70. The molecule has 4 amide bonds. The van der Waals surface area contributed by atoms with Gasteiger partial charge < -0.3 is 19.9 Å². The second-order valence-corrected chi connectivity index (χ2v) is 16.1. The Bertz CT molecular complexity index is 1810. The lowest BCUT2D eigenvalue weighted by atomic mass is 9.84. The number of carbonyl (C=O) groups excluding carboxylic acids is 4. The normalized spacial score (nSPS) is 25.2. The molecule has 5 atom stereocenters. The highest BCUT2D eigenvalue weighted by atomic mass is 16.6. The van der Waals surface area contributed by atoms with Crippen LogP contribution in [0.1, 0.15) is 98.5 Å². The van der Waals surface area contributed by atoms with Crippen molar-refractivity contribution >= 4 is 23.8 Å². The van der Waals surface area contributed by atoms with Crippen LogP contribution < -0.4 is 5.32 Å². The number of likely N-dealkylation sites (tertiary alicyclic amines) is 1. The maximum atomic E-state index is 14.7. The first-order chi connectivity index (χ1) is 27.0. The summed E-state index contributed by atoms with van der Waals surface area (Å²) in [6, 6.07) is 26.0. The van der Waals surface area contributed by atoms with E-state index >= 15 is 0 Å². The number of piperazine rings is 1. The van der Waals surface area contributed by atoms with Crippen LogP contribution in [0.15, 0.2) is 84.9 Å². The average molecular weight is 746 g/mol. The molecule has 2 unspecified atom stereocenters. The molecule has 0 spiro atoms. The SMILES string of the molecule is O=C(N[C@@H]1CCCc2ccccc21)[C@H](CCC(=O)N1CCN(C2CCCCC2)CC1)N1C(=O)C(N2C(=O)OC[C@@H]2c2ccccc2)C1CCc1ccccc1. The van der Waals surface area contributed by atoms with Crippen molar-refractivity contribution in [1.29, 1.82) is 0 Å². The molecule has 2 aliphatic carbocycles. The lowest BCUT2D eigenvalue weighted by Crippen LogP contribution is -2.75. The zero-order chi connectivity index (χ0) is 37.7. The highest BCUT2D eigenvalue weighted by Crippen LogP contribution is 2.40. The van der Waals surface area contributed by atoms with Gasteiger partial charge in [0, 0.05) is 38.6 Å². The quantitative estimate of drug-likeness (QED) is 0.221. The van der Waals surface area contributed by atoms with Crippen LogP contribution in [0.3, 0.4) is 0 Å². The van der Waals surface area contributed by atoms with E-state index in [1.165, 1.54) is 37.7 Å². The Kier molecular flexibility index (Phi) is 11.5. The first kappa shape index (κ1) is 37.2. The molecule has 55 heavy (non-hydrogen) atoms. The maximum Gasteiger partial charge on any atom is 0.411 e. The van der Waals surface area contributed by atoms with Crippen LogP contribution in [0.4, 0.5) is 4.79 Å². The third-order valence-corrected chi connectivity index (χ3v) is 12.9. The molecule has 0 bridgehead atoms. The summed E-state index contributed by atoms with van der Waals surface area (Å²) in [5.41, 5.74) is 4.37. The number of β-lactam (4-membered cyclic amide) rings is 1. The summed E-state index contributed by atoms with van der Waals surface area (Å²) < 4.78 is 5.60. The first-order valence-electron chi connectivity index (χ1n) is 20.7. The predicted molar refractivity (Wildman–Crippen MR) is 210 cm³/mol. The maximum absolute atomic E-state index is 14.7. The molecule has 290 valence electrons. The van der Waals surface area contributed by atoms with Crippen LogP contribution in [0.25, 0.3) is 0 Å². The van der Waals surface area contributed by atoms with Gasteiger partial charge >= 0.3 is 6.09 Å². The van der Waals surface area contributed by atoms with Crippen molar-refractivity contribution in [3.8, 4) is 0 Å². The summed E-state index contributed by atoms with van der Waals surface area (Å²) in [4.78, 5) is 64.5. The molecular weight excluding hydrogens is 691 g/mol. The van der Waals surface area contributed by atoms with Crippen LogP contribution in [-0.4, -0.2) is 100 Å². The van der Waals surface area contributed by atoms with E-state index in [0.717, 1.165) is 49.0 Å². The Balaban J connectivity index is 1.04. The molecule has 8 rings (SSSR count). The summed E-state index contributed by atoms with van der Waals surface area (Å²) in [5, 5.41) is 3.34. The number of hydrogen-bond acceptors (Lipinski definition) is 6. The van der Waals surface area contributed by atoms with Crippen LogP contribution in [0, 0.1) is 0 Å². The third-order valence-electron chi connectivity index (χ3n) is 12.9. The van der Waals surface area contributed by atoms with E-state index in [1.807, 2.05) is 65.6 Å². The largest absolute Gasteiger partial charge is 0.447 e. The molecule has 3 aromatic carbocycles. The smallest absolute Gasteiger partial charge is 0.411 e. The molecule has 10 heteroatoms. The van der Waals surface area contributed by atoms with Gasteiger partial charge in [0.15, 0.2) is 0 Å². The minimum absolute atomic E-state index is 0.0294. The van der Waals surface area contributed by atoms with Crippen molar-refractivity contribution in [2.45, 2.75) is 113 Å². The first-order valence-corrected chi connectivity index (χ1v) is 20.7. The van der Waals surface area contributed by atoms with E-state index in [4.69, 9.17) is 4.74 Å². The van der Waals surface area contributed by atoms with E-state index in [9.17, 15) is 19.2 Å². The number of cyclic esters (lactones) is 1. The van der Waals surface area contributed by atoms with Crippen molar-refractivity contribution in [3.05, 3.63) is 107 Å². The van der Waals surface area contributed by atoms with Crippen molar-refractivity contribution < 1.29 is 23.9 Å². The van der Waals surface area contributed by atoms with Gasteiger partial charge in [-0.15, -0.1) is 0 Å². The van der Waals surface area contributed by atoms with Crippen LogP contribution in [0.2, 0.25) is 0 Å². The molecular formula is C45H55N5O5. The number of rotatable bonds is 12. The number of ether oxygens (including phenoxy) is 1. The second kappa shape index (κ2) is 17.0. The average Bonchev–Trinajstić information content (AvgIpc) is 3.61. The fourth-order valence-electron chi connectivity index (χ4n) is 9.94. The Labute approximate surface area is 325 Å². The minimum atomic E-state index is -0.861. The zero-order valence-electron chi connectivity index (χ0n) is 31.9. The lowest BCUT2D eigenvalue weighted by Gasteiger charge is -2.53. The molecule has 0 aromatic heterocycles. The number of carbonyl (C=O) groups is 4. The number of nitrogens with one attached hydrogen (secondary N) is 1. The van der Waals surface area contributed by atoms with Gasteiger partial charge in [-0.3, -0.25) is 24.2 Å². The predicted octanol–water partition coefficient (Wildman–Crippen LogP) is 6.21. The highest BCUT2D eigenvalue weighted by Gasteiger charge is 2.58. The Morgan fingerprint density at radius 3 is 2.27 bits per heavy atom. The summed E-state index contributed by atoms with van der Waals surface area (Å²) in [6.07, 6.45) is 10.2. The summed E-state index contributed by atoms with van der Waals surface area (Å²) in [5.74, 6) is -0.478. The van der Waals surface area contributed by atoms with Crippen molar-refractivity contribution in [2.75, 3.05) is 32.8 Å². The molecule has 10 nitrogen and oxygen atoms in total. The van der Waals surface area contributed by atoms with Gasteiger partial charge in [-0.05, 0) is 73.6 Å². The monoisotopic (exact) mass is 745 g/mol. The van der Waals surface area contributed by atoms with Crippen LogP contribution in [-0.2, 0) is 32.0 Å². The fourth-order valence-corrected chi connectivity index (χ4v) is 9.94. The number of aryl methyl sites for hydroxylation is 2. The summed E-state index contributed by atoms with van der Waals surface area (Å²) in [7, 11) is 0. The topological polar surface area (TPSA) is 103 Å². The number of amides is 4. The molecule has 3 saturated heterocycles. The number of nitrogens with zero attached hydrogens (tertiary/aromatic N) is 4. The summed E-state index contributed by atoms with van der Waals surface area (Å²) in [6.45, 7) is 3.29. The van der Waals surface area contributed by atoms with Crippen LogP contribution in [0.5, 0.6) is 0 Å². The Morgan fingerprint density at radius 1 is 0.800 bits per heavy atom. The van der Waals surface area contributed by atoms with E-state index in [0.29, 0.717) is 32.0 Å². The summed E-state index contributed by atoms with van der Waals surface area (Å²) >= 11 is 0. The molecule has 5 aliphatic rings. The van der Waals surface area contributed by atoms with E-state index in [-0.39, 0.29) is 43.2 Å². The van der Waals surface area contributed by atoms with Gasteiger partial charge in [-0.25, -0.2) is 4.79 Å². The van der Waals surface area contributed by atoms with Gasteiger partial charge in [0.25, 0.3) is 0 Å². The van der Waals surface area contributed by atoms with Crippen molar-refractivity contribution in [2.24, 2.45) is 0 Å². The molecule has 0 radical (unpaired) electrons. The van der Waals surface area contributed by atoms with E-state index in [1.54, 1.807) is 9.80 Å². The molecule has 4 fully saturated rings. The van der Waals surface area contributed by atoms with Gasteiger partial charge in [-0.1, -0.05) is 104 Å². The molecule has 3 aliphatic heterocycles. The van der Waals surface area contributed by atoms with Gasteiger partial charge in [0.05, 0.1) is 18.1 Å².